The molecule has 0 aliphatic carbocycles. The number of aromatic nitrogens is 1. The number of hydrogen-bond donors (Lipinski definition) is 1. The van der Waals surface area contributed by atoms with Gasteiger partial charge in [-0.25, -0.2) is 4.39 Å². The molecule has 134 valence electrons. The summed E-state index contributed by atoms with van der Waals surface area (Å²) in [4.78, 5) is 12.4. The molecule has 0 saturated heterocycles. The Morgan fingerprint density at radius 3 is 2.37 bits per heavy atom. The number of nitrogens with one attached hydrogen (secondary N) is 1. The normalized spacial score (nSPS) is 11.1. The molecule has 0 bridgehead atoms. The Balaban J connectivity index is 1.92. The molecule has 0 atom stereocenters. The van der Waals surface area contributed by atoms with Gasteiger partial charge in [0, 0.05) is 17.0 Å². The molecule has 0 fully saturated rings. The zero-order chi connectivity index (χ0) is 19.4. The van der Waals surface area contributed by atoms with Crippen LogP contribution >= 0.6 is 0 Å². The van der Waals surface area contributed by atoms with E-state index in [0.717, 1.165) is 17.0 Å². The second kappa shape index (κ2) is 7.71. The molecule has 5 heteroatoms. The van der Waals surface area contributed by atoms with Crippen LogP contribution in [0.15, 0.2) is 60.7 Å². The fourth-order valence-electron chi connectivity index (χ4n) is 2.83. The highest BCUT2D eigenvalue weighted by molar-refractivity contribution is 6.00. The molecule has 1 heterocycles. The molecule has 0 spiro atoms. The molecule has 1 N–H and O–H groups in total. The third-order valence-electron chi connectivity index (χ3n) is 4.30. The van der Waals surface area contributed by atoms with E-state index in [1.54, 1.807) is 47.2 Å². The van der Waals surface area contributed by atoms with Crippen LogP contribution in [0.5, 0.6) is 0 Å². The molecule has 3 rings (SSSR count). The maximum atomic E-state index is 13.1. The first-order chi connectivity index (χ1) is 13.0. The molecule has 0 aliphatic heterocycles. The molecule has 0 saturated carbocycles. The summed E-state index contributed by atoms with van der Waals surface area (Å²) in [5.41, 5.74) is 6.93. The van der Waals surface area contributed by atoms with E-state index < -0.39 is 0 Å². The van der Waals surface area contributed by atoms with Gasteiger partial charge in [-0.1, -0.05) is 30.3 Å². The van der Waals surface area contributed by atoms with Gasteiger partial charge in [-0.2, -0.15) is 5.26 Å². The van der Waals surface area contributed by atoms with Gasteiger partial charge in [0.2, 0.25) is 0 Å². The van der Waals surface area contributed by atoms with E-state index in [1.807, 2.05) is 26.0 Å². The summed E-state index contributed by atoms with van der Waals surface area (Å²) < 4.78 is 14.8. The topological polar surface area (TPSA) is 57.8 Å². The number of carbonyl (C=O) groups is 1. The maximum absolute atomic E-state index is 13.1. The molecule has 0 unspecified atom stereocenters. The van der Waals surface area contributed by atoms with Gasteiger partial charge in [0.25, 0.3) is 5.91 Å². The van der Waals surface area contributed by atoms with Crippen LogP contribution in [0.4, 0.5) is 4.39 Å². The SMILES string of the molecule is Cc1cc(/C=C(/C#N)c2ccc(F)cc2)c(C)n1NC(=O)c1ccccc1. The predicted molar refractivity (Wildman–Crippen MR) is 104 cm³/mol. The average Bonchev–Trinajstić information content (AvgIpc) is 2.95. The Hall–Kier alpha value is -3.65. The minimum Gasteiger partial charge on any atom is -0.267 e. The van der Waals surface area contributed by atoms with Crippen LogP contribution in [0.3, 0.4) is 0 Å². The average molecular weight is 359 g/mol. The van der Waals surface area contributed by atoms with Crippen LogP contribution in [-0.2, 0) is 0 Å². The van der Waals surface area contributed by atoms with Crippen molar-refractivity contribution in [1.29, 1.82) is 5.26 Å². The Kier molecular flexibility index (Phi) is 5.18. The van der Waals surface area contributed by atoms with Crippen LogP contribution in [-0.4, -0.2) is 10.6 Å². The smallest absolute Gasteiger partial charge is 0.267 e. The molecule has 0 aliphatic rings. The molecule has 27 heavy (non-hydrogen) atoms. The third kappa shape index (κ3) is 3.96. The first kappa shape index (κ1) is 18.2. The predicted octanol–water partition coefficient (Wildman–Crippen LogP) is 4.69. The lowest BCUT2D eigenvalue weighted by Gasteiger charge is -2.11. The Morgan fingerprint density at radius 1 is 1.07 bits per heavy atom. The van der Waals surface area contributed by atoms with Crippen molar-refractivity contribution in [3.8, 4) is 6.07 Å². The summed E-state index contributed by atoms with van der Waals surface area (Å²) in [6.07, 6.45) is 1.74. The summed E-state index contributed by atoms with van der Waals surface area (Å²) in [7, 11) is 0. The van der Waals surface area contributed by atoms with E-state index in [-0.39, 0.29) is 11.7 Å². The van der Waals surface area contributed by atoms with Crippen molar-refractivity contribution in [2.45, 2.75) is 13.8 Å². The highest BCUT2D eigenvalue weighted by atomic mass is 19.1. The van der Waals surface area contributed by atoms with E-state index in [1.165, 1.54) is 12.1 Å². The van der Waals surface area contributed by atoms with Crippen LogP contribution in [0.2, 0.25) is 0 Å². The number of aryl methyl sites for hydroxylation is 1. The van der Waals surface area contributed by atoms with Gasteiger partial charge in [0.1, 0.15) is 5.82 Å². The summed E-state index contributed by atoms with van der Waals surface area (Å²) >= 11 is 0. The molecule has 0 radical (unpaired) electrons. The highest BCUT2D eigenvalue weighted by Gasteiger charge is 2.12. The summed E-state index contributed by atoms with van der Waals surface area (Å²) in [5, 5.41) is 9.48. The van der Waals surface area contributed by atoms with E-state index >= 15 is 0 Å². The van der Waals surface area contributed by atoms with Gasteiger partial charge in [0.05, 0.1) is 11.6 Å². The van der Waals surface area contributed by atoms with Gasteiger partial charge < -0.3 is 0 Å². The van der Waals surface area contributed by atoms with E-state index in [2.05, 4.69) is 11.5 Å². The van der Waals surface area contributed by atoms with Crippen molar-refractivity contribution >= 4 is 17.6 Å². The van der Waals surface area contributed by atoms with Crippen LogP contribution in [0.1, 0.15) is 32.9 Å². The second-order valence-corrected chi connectivity index (χ2v) is 6.15. The Bertz CT molecular complexity index is 1040. The summed E-state index contributed by atoms with van der Waals surface area (Å²) in [5.74, 6) is -0.565. The number of halogens is 1. The van der Waals surface area contributed by atoms with E-state index in [4.69, 9.17) is 0 Å². The van der Waals surface area contributed by atoms with Crippen LogP contribution < -0.4 is 5.43 Å². The standard InChI is InChI=1S/C22H18FN3O/c1-15-12-19(13-20(14-24)17-8-10-21(23)11-9-17)16(2)26(15)25-22(27)18-6-4-3-5-7-18/h3-13H,1-2H3,(H,25,27)/b20-13-. The van der Waals surface area contributed by atoms with Crippen molar-refractivity contribution < 1.29 is 9.18 Å². The Labute approximate surface area is 157 Å². The van der Waals surface area contributed by atoms with Crippen molar-refractivity contribution in [2.75, 3.05) is 5.43 Å². The van der Waals surface area contributed by atoms with Crippen molar-refractivity contribution in [3.05, 3.63) is 94.6 Å². The molecular formula is C22H18FN3O. The minimum atomic E-state index is -0.349. The van der Waals surface area contributed by atoms with Crippen LogP contribution in [0, 0.1) is 31.0 Å². The molecule has 1 aromatic heterocycles. The molecule has 2 aromatic carbocycles. The van der Waals surface area contributed by atoms with E-state index in [9.17, 15) is 14.4 Å². The lowest BCUT2D eigenvalue weighted by molar-refractivity contribution is 0.101. The molecule has 1 amide bonds. The van der Waals surface area contributed by atoms with Gasteiger partial charge in [-0.15, -0.1) is 0 Å². The third-order valence-corrected chi connectivity index (χ3v) is 4.30. The zero-order valence-electron chi connectivity index (χ0n) is 15.0. The van der Waals surface area contributed by atoms with Crippen molar-refractivity contribution in [1.82, 2.24) is 4.68 Å². The summed E-state index contributed by atoms with van der Waals surface area (Å²) in [6, 6.07) is 18.8. The number of hydrogen-bond acceptors (Lipinski definition) is 2. The number of carbonyl (C=O) groups excluding carboxylic acids is 1. The quantitative estimate of drug-likeness (QED) is 0.687. The Morgan fingerprint density at radius 2 is 1.74 bits per heavy atom. The first-order valence-corrected chi connectivity index (χ1v) is 8.42. The fraction of sp³-hybridized carbons (Fsp3) is 0.0909. The minimum absolute atomic E-state index is 0.216. The highest BCUT2D eigenvalue weighted by Crippen LogP contribution is 2.22. The van der Waals surface area contributed by atoms with Crippen LogP contribution in [0.25, 0.3) is 11.6 Å². The van der Waals surface area contributed by atoms with Crippen molar-refractivity contribution in [3.63, 3.8) is 0 Å². The molecular weight excluding hydrogens is 341 g/mol. The number of amides is 1. The number of rotatable bonds is 4. The number of nitrogens with zero attached hydrogens (tertiary/aromatic N) is 2. The first-order valence-electron chi connectivity index (χ1n) is 8.42. The number of nitriles is 1. The lowest BCUT2D eigenvalue weighted by Crippen LogP contribution is -2.24. The number of benzene rings is 2. The molecule has 3 aromatic rings. The monoisotopic (exact) mass is 359 g/mol. The van der Waals surface area contributed by atoms with Gasteiger partial charge in [0.15, 0.2) is 0 Å². The second-order valence-electron chi connectivity index (χ2n) is 6.15. The maximum Gasteiger partial charge on any atom is 0.270 e. The molecule has 4 nitrogen and oxygen atoms in total. The van der Waals surface area contributed by atoms with Crippen molar-refractivity contribution in [2.24, 2.45) is 0 Å². The fourth-order valence-corrected chi connectivity index (χ4v) is 2.83. The largest absolute Gasteiger partial charge is 0.270 e. The number of allylic oxidation sites excluding steroid dienone is 1. The van der Waals surface area contributed by atoms with Gasteiger partial charge >= 0.3 is 0 Å². The summed E-state index contributed by atoms with van der Waals surface area (Å²) in [6.45, 7) is 3.74. The van der Waals surface area contributed by atoms with Gasteiger partial charge in [-0.05, 0) is 61.4 Å². The van der Waals surface area contributed by atoms with Gasteiger partial charge in [-0.3, -0.25) is 14.9 Å². The van der Waals surface area contributed by atoms with E-state index in [0.29, 0.717) is 16.7 Å². The lowest BCUT2D eigenvalue weighted by atomic mass is 10.0. The zero-order valence-corrected chi connectivity index (χ0v) is 15.0.